The first kappa shape index (κ1) is 15.9. The van der Waals surface area contributed by atoms with Gasteiger partial charge in [-0.05, 0) is 44.2 Å². The van der Waals surface area contributed by atoms with Gasteiger partial charge in [-0.1, -0.05) is 27.2 Å². The van der Waals surface area contributed by atoms with E-state index in [1.54, 1.807) is 0 Å². The van der Waals surface area contributed by atoms with E-state index in [-0.39, 0.29) is 0 Å². The summed E-state index contributed by atoms with van der Waals surface area (Å²) in [6.45, 7) is 11.7. The molecule has 1 rings (SSSR count). The van der Waals surface area contributed by atoms with Crippen molar-refractivity contribution in [2.75, 3.05) is 32.8 Å². The van der Waals surface area contributed by atoms with Crippen molar-refractivity contribution < 1.29 is 5.11 Å². The van der Waals surface area contributed by atoms with Gasteiger partial charge in [0, 0.05) is 19.1 Å². The molecule has 1 aliphatic rings. The number of piperidine rings is 1. The molecule has 2 unspecified atom stereocenters. The molecule has 3 nitrogen and oxygen atoms in total. The number of nitrogens with zero attached hydrogens (tertiary/aromatic N) is 1. The van der Waals surface area contributed by atoms with E-state index in [2.05, 4.69) is 31.0 Å². The maximum atomic E-state index is 9.49. The molecule has 18 heavy (non-hydrogen) atoms. The summed E-state index contributed by atoms with van der Waals surface area (Å²) in [5.74, 6) is 0. The Kier molecular flexibility index (Phi) is 7.20. The summed E-state index contributed by atoms with van der Waals surface area (Å²) in [5.41, 5.74) is 0.333. The van der Waals surface area contributed by atoms with Crippen LogP contribution in [0.1, 0.15) is 52.9 Å². The first-order chi connectivity index (χ1) is 8.65. The molecule has 0 aromatic rings. The van der Waals surface area contributed by atoms with Crippen molar-refractivity contribution in [1.82, 2.24) is 10.2 Å². The Morgan fingerprint density at radius 2 is 2.11 bits per heavy atom. The summed E-state index contributed by atoms with van der Waals surface area (Å²) < 4.78 is 0. The van der Waals surface area contributed by atoms with Gasteiger partial charge in [-0.2, -0.15) is 0 Å². The average Bonchev–Trinajstić information content (AvgIpc) is 2.40. The highest BCUT2D eigenvalue weighted by Crippen LogP contribution is 2.26. The molecule has 2 N–H and O–H groups in total. The SMILES string of the molecule is CCCNCC(C)(CC)CN1CCCCC1CO. The maximum Gasteiger partial charge on any atom is 0.0586 e. The highest BCUT2D eigenvalue weighted by atomic mass is 16.3. The smallest absolute Gasteiger partial charge is 0.0586 e. The Balaban J connectivity index is 2.48. The van der Waals surface area contributed by atoms with Crippen molar-refractivity contribution in [3.05, 3.63) is 0 Å². The van der Waals surface area contributed by atoms with Gasteiger partial charge in [-0.25, -0.2) is 0 Å². The summed E-state index contributed by atoms with van der Waals surface area (Å²) in [7, 11) is 0. The molecular weight excluding hydrogens is 224 g/mol. The molecule has 0 aromatic carbocycles. The molecule has 0 amide bonds. The number of nitrogens with one attached hydrogen (secondary N) is 1. The van der Waals surface area contributed by atoms with E-state index in [4.69, 9.17) is 0 Å². The van der Waals surface area contributed by atoms with Gasteiger partial charge in [0.15, 0.2) is 0 Å². The molecule has 1 heterocycles. The van der Waals surface area contributed by atoms with Crippen LogP contribution in [0.25, 0.3) is 0 Å². The molecule has 0 aromatic heterocycles. The number of hydrogen-bond acceptors (Lipinski definition) is 3. The van der Waals surface area contributed by atoms with Crippen molar-refractivity contribution in [2.45, 2.75) is 58.9 Å². The zero-order valence-electron chi connectivity index (χ0n) is 12.5. The minimum atomic E-state index is 0.322. The molecule has 0 aliphatic carbocycles. The van der Waals surface area contributed by atoms with E-state index < -0.39 is 0 Å². The van der Waals surface area contributed by atoms with Crippen molar-refractivity contribution >= 4 is 0 Å². The van der Waals surface area contributed by atoms with Gasteiger partial charge in [-0.3, -0.25) is 4.90 Å². The van der Waals surface area contributed by atoms with Crippen LogP contribution in [0.4, 0.5) is 0 Å². The van der Waals surface area contributed by atoms with Crippen LogP contribution in [-0.2, 0) is 0 Å². The second kappa shape index (κ2) is 8.13. The zero-order valence-corrected chi connectivity index (χ0v) is 12.5. The van der Waals surface area contributed by atoms with Gasteiger partial charge in [0.25, 0.3) is 0 Å². The van der Waals surface area contributed by atoms with E-state index in [0.29, 0.717) is 18.1 Å². The van der Waals surface area contributed by atoms with Crippen LogP contribution in [0, 0.1) is 5.41 Å². The number of likely N-dealkylation sites (tertiary alicyclic amines) is 1. The van der Waals surface area contributed by atoms with E-state index >= 15 is 0 Å². The largest absolute Gasteiger partial charge is 0.395 e. The fourth-order valence-corrected chi connectivity index (χ4v) is 2.82. The van der Waals surface area contributed by atoms with E-state index in [0.717, 1.165) is 26.2 Å². The summed E-state index contributed by atoms with van der Waals surface area (Å²) >= 11 is 0. The predicted molar refractivity (Wildman–Crippen MR) is 77.9 cm³/mol. The zero-order chi connectivity index (χ0) is 13.4. The Labute approximate surface area is 113 Å². The summed E-state index contributed by atoms with van der Waals surface area (Å²) in [4.78, 5) is 2.51. The van der Waals surface area contributed by atoms with Gasteiger partial charge in [0.2, 0.25) is 0 Å². The summed E-state index contributed by atoms with van der Waals surface area (Å²) in [6.07, 6.45) is 6.12. The molecule has 1 saturated heterocycles. The first-order valence-electron chi connectivity index (χ1n) is 7.71. The standard InChI is InChI=1S/C15H32N2O/c1-4-9-16-12-15(3,5-2)13-17-10-7-6-8-14(17)11-18/h14,16,18H,4-13H2,1-3H3. The molecule has 1 aliphatic heterocycles. The van der Waals surface area contributed by atoms with E-state index in [1.165, 1.54) is 32.1 Å². The third kappa shape index (κ3) is 4.87. The lowest BCUT2D eigenvalue weighted by Crippen LogP contribution is -2.49. The van der Waals surface area contributed by atoms with Crippen molar-refractivity contribution in [3.63, 3.8) is 0 Å². The van der Waals surface area contributed by atoms with Crippen LogP contribution in [0.15, 0.2) is 0 Å². The van der Waals surface area contributed by atoms with E-state index in [1.807, 2.05) is 0 Å². The Morgan fingerprint density at radius 1 is 1.33 bits per heavy atom. The van der Waals surface area contributed by atoms with Crippen molar-refractivity contribution in [3.8, 4) is 0 Å². The second-order valence-corrected chi connectivity index (χ2v) is 6.14. The summed E-state index contributed by atoms with van der Waals surface area (Å²) in [6, 6.07) is 0.399. The minimum absolute atomic E-state index is 0.322. The number of rotatable bonds is 8. The first-order valence-corrected chi connectivity index (χ1v) is 7.71. The minimum Gasteiger partial charge on any atom is -0.395 e. The van der Waals surface area contributed by atoms with Gasteiger partial charge in [0.05, 0.1) is 6.61 Å². The van der Waals surface area contributed by atoms with Crippen LogP contribution < -0.4 is 5.32 Å². The molecule has 0 spiro atoms. The highest BCUT2D eigenvalue weighted by molar-refractivity contribution is 4.85. The third-order valence-corrected chi connectivity index (χ3v) is 4.38. The highest BCUT2D eigenvalue weighted by Gasteiger charge is 2.29. The molecule has 2 atom stereocenters. The lowest BCUT2D eigenvalue weighted by molar-refractivity contribution is 0.0510. The Morgan fingerprint density at radius 3 is 2.72 bits per heavy atom. The van der Waals surface area contributed by atoms with Crippen LogP contribution in [0.3, 0.4) is 0 Å². The van der Waals surface area contributed by atoms with Crippen LogP contribution in [0.2, 0.25) is 0 Å². The molecule has 1 fully saturated rings. The topological polar surface area (TPSA) is 35.5 Å². The fourth-order valence-electron chi connectivity index (χ4n) is 2.82. The second-order valence-electron chi connectivity index (χ2n) is 6.14. The maximum absolute atomic E-state index is 9.49. The lowest BCUT2D eigenvalue weighted by Gasteiger charge is -2.41. The molecule has 0 radical (unpaired) electrons. The average molecular weight is 256 g/mol. The fraction of sp³-hybridized carbons (Fsp3) is 1.00. The number of hydrogen-bond donors (Lipinski definition) is 2. The third-order valence-electron chi connectivity index (χ3n) is 4.38. The quantitative estimate of drug-likeness (QED) is 0.654. The van der Waals surface area contributed by atoms with E-state index in [9.17, 15) is 5.11 Å². The van der Waals surface area contributed by atoms with Crippen molar-refractivity contribution in [2.24, 2.45) is 5.41 Å². The van der Waals surface area contributed by atoms with Crippen LogP contribution in [-0.4, -0.2) is 48.8 Å². The molecular formula is C15H32N2O. The molecule has 108 valence electrons. The molecule has 3 heteroatoms. The Bertz CT molecular complexity index is 223. The normalized spacial score (nSPS) is 25.0. The van der Waals surface area contributed by atoms with Crippen LogP contribution >= 0.6 is 0 Å². The monoisotopic (exact) mass is 256 g/mol. The predicted octanol–water partition coefficient (Wildman–Crippen LogP) is 2.25. The number of aliphatic hydroxyl groups is 1. The molecule has 0 bridgehead atoms. The Hall–Kier alpha value is -0.120. The van der Waals surface area contributed by atoms with Crippen molar-refractivity contribution in [1.29, 1.82) is 0 Å². The van der Waals surface area contributed by atoms with Gasteiger partial charge >= 0.3 is 0 Å². The number of aliphatic hydroxyl groups excluding tert-OH is 1. The van der Waals surface area contributed by atoms with Crippen LogP contribution in [0.5, 0.6) is 0 Å². The van der Waals surface area contributed by atoms with Gasteiger partial charge < -0.3 is 10.4 Å². The van der Waals surface area contributed by atoms with Gasteiger partial charge in [-0.15, -0.1) is 0 Å². The molecule has 0 saturated carbocycles. The van der Waals surface area contributed by atoms with Gasteiger partial charge in [0.1, 0.15) is 0 Å². The lowest BCUT2D eigenvalue weighted by atomic mass is 9.85. The summed E-state index contributed by atoms with van der Waals surface area (Å²) in [5, 5.41) is 13.0.